The fourth-order valence-electron chi connectivity index (χ4n) is 2.73. The monoisotopic (exact) mass is 398 g/mol. The Kier molecular flexibility index (Phi) is 9.55. The van der Waals surface area contributed by atoms with Crippen LogP contribution < -0.4 is 20.1 Å². The second kappa shape index (κ2) is 12.4. The van der Waals surface area contributed by atoms with Crippen LogP contribution in [-0.2, 0) is 9.59 Å². The van der Waals surface area contributed by atoms with E-state index >= 15 is 0 Å². The van der Waals surface area contributed by atoms with Crippen LogP contribution in [0.2, 0.25) is 0 Å². The Bertz CT molecular complexity index is 726. The van der Waals surface area contributed by atoms with Crippen LogP contribution in [-0.4, -0.2) is 38.1 Å². The third-order valence-corrected chi connectivity index (χ3v) is 4.36. The molecule has 0 spiro atoms. The van der Waals surface area contributed by atoms with Gasteiger partial charge >= 0.3 is 0 Å². The maximum Gasteiger partial charge on any atom is 0.220 e. The Balaban J connectivity index is 1.48. The number of hydrogen-bond acceptors (Lipinski definition) is 4. The molecule has 2 amide bonds. The first-order chi connectivity index (χ1) is 14.1. The first kappa shape index (κ1) is 22.3. The molecule has 29 heavy (non-hydrogen) atoms. The quantitative estimate of drug-likeness (QED) is 0.539. The molecule has 6 nitrogen and oxygen atoms in total. The van der Waals surface area contributed by atoms with E-state index in [2.05, 4.69) is 10.6 Å². The minimum absolute atomic E-state index is 0.0749. The lowest BCUT2D eigenvalue weighted by Crippen LogP contribution is -2.30. The Labute approximate surface area is 172 Å². The van der Waals surface area contributed by atoms with Gasteiger partial charge in [0.1, 0.15) is 24.7 Å². The number of rotatable bonds is 12. The molecule has 0 fully saturated rings. The topological polar surface area (TPSA) is 76.7 Å². The van der Waals surface area contributed by atoms with Crippen molar-refractivity contribution in [3.8, 4) is 11.5 Å². The molecule has 2 rings (SSSR count). The number of hydrogen-bond donors (Lipinski definition) is 2. The largest absolute Gasteiger partial charge is 0.491 e. The van der Waals surface area contributed by atoms with Crippen molar-refractivity contribution < 1.29 is 19.1 Å². The normalized spacial score (nSPS) is 10.3. The molecule has 0 unspecified atom stereocenters. The zero-order valence-electron chi connectivity index (χ0n) is 17.2. The van der Waals surface area contributed by atoms with E-state index in [1.165, 1.54) is 0 Å². The standard InChI is InChI=1S/C23H30N2O4/c1-18-8-3-5-10-20(18)28-16-14-24-22(26)12-7-13-23(27)25-15-17-29-21-11-6-4-9-19(21)2/h3-6,8-11H,7,12-17H2,1-2H3,(H,24,26)(H,25,27). The second-order valence-corrected chi connectivity index (χ2v) is 6.78. The van der Waals surface area contributed by atoms with Crippen molar-refractivity contribution in [2.75, 3.05) is 26.3 Å². The molecular weight excluding hydrogens is 368 g/mol. The third-order valence-electron chi connectivity index (χ3n) is 4.36. The summed E-state index contributed by atoms with van der Waals surface area (Å²) in [5.74, 6) is 1.50. The third kappa shape index (κ3) is 8.68. The summed E-state index contributed by atoms with van der Waals surface area (Å²) in [4.78, 5) is 23.7. The van der Waals surface area contributed by atoms with Crippen molar-refractivity contribution in [3.05, 3.63) is 59.7 Å². The molecule has 2 aromatic rings. The number of carbonyl (C=O) groups is 2. The van der Waals surface area contributed by atoms with Gasteiger partial charge in [-0.1, -0.05) is 36.4 Å². The SMILES string of the molecule is Cc1ccccc1OCCNC(=O)CCCC(=O)NCCOc1ccccc1C. The number of amides is 2. The molecule has 0 radical (unpaired) electrons. The highest BCUT2D eigenvalue weighted by atomic mass is 16.5. The van der Waals surface area contributed by atoms with Gasteiger partial charge in [0.05, 0.1) is 13.1 Å². The first-order valence-corrected chi connectivity index (χ1v) is 9.96. The maximum atomic E-state index is 11.8. The van der Waals surface area contributed by atoms with E-state index in [1.54, 1.807) is 0 Å². The molecule has 0 saturated heterocycles. The Hall–Kier alpha value is -3.02. The highest BCUT2D eigenvalue weighted by molar-refractivity contribution is 5.78. The van der Waals surface area contributed by atoms with Crippen LogP contribution >= 0.6 is 0 Å². The number of benzene rings is 2. The van der Waals surface area contributed by atoms with Gasteiger partial charge in [0.2, 0.25) is 11.8 Å². The highest BCUT2D eigenvalue weighted by Gasteiger charge is 2.06. The van der Waals surface area contributed by atoms with Crippen LogP contribution in [0, 0.1) is 13.8 Å². The molecule has 156 valence electrons. The van der Waals surface area contributed by atoms with Gasteiger partial charge in [-0.2, -0.15) is 0 Å². The van der Waals surface area contributed by atoms with Crippen molar-refractivity contribution in [2.45, 2.75) is 33.1 Å². The van der Waals surface area contributed by atoms with Crippen molar-refractivity contribution in [2.24, 2.45) is 0 Å². The van der Waals surface area contributed by atoms with Gasteiger partial charge in [-0.25, -0.2) is 0 Å². The Morgan fingerprint density at radius 3 is 1.55 bits per heavy atom. The first-order valence-electron chi connectivity index (χ1n) is 9.96. The molecule has 0 aromatic heterocycles. The molecule has 0 bridgehead atoms. The van der Waals surface area contributed by atoms with Gasteiger partial charge in [0, 0.05) is 12.8 Å². The highest BCUT2D eigenvalue weighted by Crippen LogP contribution is 2.16. The van der Waals surface area contributed by atoms with E-state index in [9.17, 15) is 9.59 Å². The number of nitrogens with one attached hydrogen (secondary N) is 2. The van der Waals surface area contributed by atoms with Gasteiger partial charge in [-0.15, -0.1) is 0 Å². The van der Waals surface area contributed by atoms with Crippen molar-refractivity contribution in [3.63, 3.8) is 0 Å². The number of carbonyl (C=O) groups excluding carboxylic acids is 2. The van der Waals surface area contributed by atoms with Gasteiger partial charge in [-0.05, 0) is 43.5 Å². The van der Waals surface area contributed by atoms with E-state index in [4.69, 9.17) is 9.47 Å². The summed E-state index contributed by atoms with van der Waals surface area (Å²) in [5.41, 5.74) is 2.13. The van der Waals surface area contributed by atoms with E-state index in [-0.39, 0.29) is 11.8 Å². The molecular formula is C23H30N2O4. The lowest BCUT2D eigenvalue weighted by Gasteiger charge is -2.10. The molecule has 0 heterocycles. The van der Waals surface area contributed by atoms with Gasteiger partial charge < -0.3 is 20.1 Å². The van der Waals surface area contributed by atoms with Crippen LogP contribution in [0.5, 0.6) is 11.5 Å². The molecule has 2 N–H and O–H groups in total. The van der Waals surface area contributed by atoms with Gasteiger partial charge in [-0.3, -0.25) is 9.59 Å². The molecule has 6 heteroatoms. The van der Waals surface area contributed by atoms with Crippen molar-refractivity contribution in [1.82, 2.24) is 10.6 Å². The van der Waals surface area contributed by atoms with E-state index in [0.29, 0.717) is 45.6 Å². The molecule has 2 aromatic carbocycles. The van der Waals surface area contributed by atoms with Crippen LogP contribution in [0.4, 0.5) is 0 Å². The second-order valence-electron chi connectivity index (χ2n) is 6.78. The zero-order chi connectivity index (χ0) is 20.9. The summed E-state index contributed by atoms with van der Waals surface area (Å²) in [6, 6.07) is 15.5. The van der Waals surface area contributed by atoms with Crippen molar-refractivity contribution in [1.29, 1.82) is 0 Å². The van der Waals surface area contributed by atoms with Crippen LogP contribution in [0.1, 0.15) is 30.4 Å². The molecule has 0 aliphatic carbocycles. The summed E-state index contributed by atoms with van der Waals surface area (Å²) >= 11 is 0. The van der Waals surface area contributed by atoms with Crippen LogP contribution in [0.25, 0.3) is 0 Å². The maximum absolute atomic E-state index is 11.8. The minimum Gasteiger partial charge on any atom is -0.491 e. The Morgan fingerprint density at radius 1 is 0.724 bits per heavy atom. The average molecular weight is 399 g/mol. The lowest BCUT2D eigenvalue weighted by molar-refractivity contribution is -0.122. The number of ether oxygens (including phenoxy) is 2. The summed E-state index contributed by atoms with van der Waals surface area (Å²) in [6.07, 6.45) is 1.14. The van der Waals surface area contributed by atoms with Crippen LogP contribution in [0.15, 0.2) is 48.5 Å². The summed E-state index contributed by atoms with van der Waals surface area (Å²) in [7, 11) is 0. The van der Waals surface area contributed by atoms with E-state index < -0.39 is 0 Å². The predicted molar refractivity (Wildman–Crippen MR) is 113 cm³/mol. The smallest absolute Gasteiger partial charge is 0.220 e. The lowest BCUT2D eigenvalue weighted by atomic mass is 10.2. The van der Waals surface area contributed by atoms with Gasteiger partial charge in [0.15, 0.2) is 0 Å². The molecule has 0 aliphatic heterocycles. The summed E-state index contributed by atoms with van der Waals surface area (Å²) in [6.45, 7) is 5.67. The van der Waals surface area contributed by atoms with E-state index in [0.717, 1.165) is 22.6 Å². The Morgan fingerprint density at radius 2 is 1.14 bits per heavy atom. The predicted octanol–water partition coefficient (Wildman–Crippen LogP) is 3.16. The molecule has 0 saturated carbocycles. The van der Waals surface area contributed by atoms with Crippen LogP contribution in [0.3, 0.4) is 0 Å². The fraction of sp³-hybridized carbons (Fsp3) is 0.391. The minimum atomic E-state index is -0.0749. The van der Waals surface area contributed by atoms with Crippen molar-refractivity contribution >= 4 is 11.8 Å². The molecule has 0 atom stereocenters. The summed E-state index contributed by atoms with van der Waals surface area (Å²) < 4.78 is 11.3. The van der Waals surface area contributed by atoms with E-state index in [1.807, 2.05) is 62.4 Å². The van der Waals surface area contributed by atoms with Gasteiger partial charge in [0.25, 0.3) is 0 Å². The number of para-hydroxylation sites is 2. The molecule has 0 aliphatic rings. The number of aryl methyl sites for hydroxylation is 2. The summed E-state index contributed by atoms with van der Waals surface area (Å²) in [5, 5.41) is 5.61. The average Bonchev–Trinajstić information content (AvgIpc) is 2.71. The fourth-order valence-corrected chi connectivity index (χ4v) is 2.73. The zero-order valence-corrected chi connectivity index (χ0v) is 17.2.